The highest BCUT2D eigenvalue weighted by atomic mass is 19.1. The number of halogens is 1. The van der Waals surface area contributed by atoms with Gasteiger partial charge in [-0.25, -0.2) is 4.39 Å². The molecule has 0 atom stereocenters. The quantitative estimate of drug-likeness (QED) is 0.595. The molecular weight excluding hydrogens is 253 g/mol. The summed E-state index contributed by atoms with van der Waals surface area (Å²) in [5.41, 5.74) is 6.21. The molecule has 1 rings (SSSR count). The molecule has 1 aromatic rings. The van der Waals surface area contributed by atoms with Crippen LogP contribution in [-0.2, 0) is 6.54 Å². The van der Waals surface area contributed by atoms with Gasteiger partial charge in [0.2, 0.25) is 0 Å². The molecule has 3 nitrogen and oxygen atoms in total. The van der Waals surface area contributed by atoms with Crippen molar-refractivity contribution in [2.75, 3.05) is 13.1 Å². The molecule has 0 bridgehead atoms. The summed E-state index contributed by atoms with van der Waals surface area (Å²) in [4.78, 5) is 2.26. The number of amidine groups is 1. The summed E-state index contributed by atoms with van der Waals surface area (Å²) in [5.74, 6) is 0.488. The van der Waals surface area contributed by atoms with E-state index in [1.807, 2.05) is 0 Å². The van der Waals surface area contributed by atoms with E-state index in [4.69, 9.17) is 11.1 Å². The fraction of sp³-hybridized carbons (Fsp3) is 0.562. The molecule has 0 saturated carbocycles. The van der Waals surface area contributed by atoms with E-state index in [0.717, 1.165) is 13.1 Å². The lowest BCUT2D eigenvalue weighted by atomic mass is 10.1. The lowest BCUT2D eigenvalue weighted by Crippen LogP contribution is -2.31. The number of nitrogens with zero attached hydrogens (tertiary/aromatic N) is 1. The van der Waals surface area contributed by atoms with Crippen molar-refractivity contribution in [2.45, 2.75) is 34.2 Å². The lowest BCUT2D eigenvalue weighted by Gasteiger charge is -2.26. The Balaban J connectivity index is 2.92. The van der Waals surface area contributed by atoms with E-state index in [1.165, 1.54) is 0 Å². The van der Waals surface area contributed by atoms with Crippen LogP contribution in [0.4, 0.5) is 4.39 Å². The Labute approximate surface area is 121 Å². The summed E-state index contributed by atoms with van der Waals surface area (Å²) in [6.45, 7) is 11.1. The molecule has 1 aromatic carbocycles. The van der Waals surface area contributed by atoms with Gasteiger partial charge in [-0.1, -0.05) is 39.8 Å². The fourth-order valence-electron chi connectivity index (χ4n) is 2.39. The van der Waals surface area contributed by atoms with Crippen LogP contribution in [0.5, 0.6) is 0 Å². The van der Waals surface area contributed by atoms with Crippen molar-refractivity contribution in [1.29, 1.82) is 5.41 Å². The normalized spacial score (nSPS) is 11.6. The molecule has 20 heavy (non-hydrogen) atoms. The second-order valence-corrected chi connectivity index (χ2v) is 6.17. The number of hydrogen-bond donors (Lipinski definition) is 2. The van der Waals surface area contributed by atoms with Crippen LogP contribution in [-0.4, -0.2) is 23.8 Å². The van der Waals surface area contributed by atoms with Crippen LogP contribution in [0.15, 0.2) is 18.2 Å². The third kappa shape index (κ3) is 4.93. The average Bonchev–Trinajstić information content (AvgIpc) is 2.29. The number of nitrogens with two attached hydrogens (primary N) is 1. The third-order valence-electron chi connectivity index (χ3n) is 3.01. The molecule has 3 N–H and O–H groups in total. The van der Waals surface area contributed by atoms with Gasteiger partial charge in [-0.05, 0) is 17.9 Å². The van der Waals surface area contributed by atoms with Crippen molar-refractivity contribution in [1.82, 2.24) is 4.90 Å². The molecule has 0 unspecified atom stereocenters. The Morgan fingerprint density at radius 3 is 2.20 bits per heavy atom. The molecule has 0 saturated heterocycles. The molecule has 0 fully saturated rings. The Bertz CT molecular complexity index is 445. The van der Waals surface area contributed by atoms with Gasteiger partial charge in [0.25, 0.3) is 0 Å². The van der Waals surface area contributed by atoms with Crippen LogP contribution in [0.2, 0.25) is 0 Å². The van der Waals surface area contributed by atoms with Gasteiger partial charge in [0, 0.05) is 25.2 Å². The summed E-state index contributed by atoms with van der Waals surface area (Å²) in [6.07, 6.45) is 0. The summed E-state index contributed by atoms with van der Waals surface area (Å²) < 4.78 is 14.3. The summed E-state index contributed by atoms with van der Waals surface area (Å²) in [7, 11) is 0. The minimum atomic E-state index is -0.363. The van der Waals surface area contributed by atoms with Gasteiger partial charge in [-0.3, -0.25) is 10.3 Å². The zero-order valence-corrected chi connectivity index (χ0v) is 12.9. The maximum absolute atomic E-state index is 14.3. The number of nitrogen functional groups attached to an aromatic ring is 1. The first-order chi connectivity index (χ1) is 9.31. The van der Waals surface area contributed by atoms with Gasteiger partial charge in [0.15, 0.2) is 0 Å². The summed E-state index contributed by atoms with van der Waals surface area (Å²) in [6, 6.07) is 5.09. The maximum Gasteiger partial charge on any atom is 0.138 e. The highest BCUT2D eigenvalue weighted by Gasteiger charge is 2.15. The van der Waals surface area contributed by atoms with Gasteiger partial charge in [0.1, 0.15) is 11.7 Å². The SMILES string of the molecule is CC(C)CN(Cc1cccc(C(=N)N)c1F)CC(C)C. The minimum Gasteiger partial charge on any atom is -0.384 e. The highest BCUT2D eigenvalue weighted by Crippen LogP contribution is 2.16. The van der Waals surface area contributed by atoms with Crippen molar-refractivity contribution in [3.63, 3.8) is 0 Å². The van der Waals surface area contributed by atoms with E-state index in [2.05, 4.69) is 32.6 Å². The smallest absolute Gasteiger partial charge is 0.138 e. The molecule has 0 aliphatic heterocycles. The molecule has 112 valence electrons. The predicted octanol–water partition coefficient (Wildman–Crippen LogP) is 3.22. The van der Waals surface area contributed by atoms with Crippen LogP contribution in [0, 0.1) is 23.1 Å². The number of rotatable bonds is 7. The molecule has 0 spiro atoms. The summed E-state index contributed by atoms with van der Waals surface area (Å²) >= 11 is 0. The molecule has 0 amide bonds. The van der Waals surface area contributed by atoms with Crippen molar-refractivity contribution in [3.8, 4) is 0 Å². The number of hydrogen-bond acceptors (Lipinski definition) is 2. The Morgan fingerprint density at radius 1 is 1.20 bits per heavy atom. The van der Waals surface area contributed by atoms with Gasteiger partial charge >= 0.3 is 0 Å². The first-order valence-corrected chi connectivity index (χ1v) is 7.15. The monoisotopic (exact) mass is 279 g/mol. The highest BCUT2D eigenvalue weighted by molar-refractivity contribution is 5.95. The topological polar surface area (TPSA) is 53.1 Å². The second kappa shape index (κ2) is 7.39. The van der Waals surface area contributed by atoms with Gasteiger partial charge in [-0.2, -0.15) is 0 Å². The average molecular weight is 279 g/mol. The van der Waals surface area contributed by atoms with Crippen molar-refractivity contribution < 1.29 is 4.39 Å². The van der Waals surface area contributed by atoms with Gasteiger partial charge in [0.05, 0.1) is 5.56 Å². The zero-order valence-electron chi connectivity index (χ0n) is 12.9. The largest absolute Gasteiger partial charge is 0.384 e. The summed E-state index contributed by atoms with van der Waals surface area (Å²) in [5, 5.41) is 7.41. The Morgan fingerprint density at radius 2 is 1.75 bits per heavy atom. The fourth-order valence-corrected chi connectivity index (χ4v) is 2.39. The predicted molar refractivity (Wildman–Crippen MR) is 82.4 cm³/mol. The van der Waals surface area contributed by atoms with Gasteiger partial charge in [-0.15, -0.1) is 0 Å². The Hall–Kier alpha value is -1.42. The molecule has 4 heteroatoms. The molecule has 0 aliphatic rings. The maximum atomic E-state index is 14.3. The number of benzene rings is 1. The molecule has 0 aromatic heterocycles. The second-order valence-electron chi connectivity index (χ2n) is 6.17. The van der Waals surface area contributed by atoms with Crippen LogP contribution in [0.1, 0.15) is 38.8 Å². The van der Waals surface area contributed by atoms with Crippen LogP contribution < -0.4 is 5.73 Å². The van der Waals surface area contributed by atoms with Crippen molar-refractivity contribution >= 4 is 5.84 Å². The lowest BCUT2D eigenvalue weighted by molar-refractivity contribution is 0.209. The third-order valence-corrected chi connectivity index (χ3v) is 3.01. The van der Waals surface area contributed by atoms with E-state index in [-0.39, 0.29) is 17.2 Å². The van der Waals surface area contributed by atoms with E-state index in [1.54, 1.807) is 18.2 Å². The Kier molecular flexibility index (Phi) is 6.14. The van der Waals surface area contributed by atoms with Crippen molar-refractivity contribution in [2.24, 2.45) is 17.6 Å². The first-order valence-electron chi connectivity index (χ1n) is 7.15. The molecular formula is C16H26FN3. The molecule has 0 heterocycles. The van der Waals surface area contributed by atoms with E-state index in [9.17, 15) is 4.39 Å². The first kappa shape index (κ1) is 16.6. The van der Waals surface area contributed by atoms with Crippen molar-refractivity contribution in [3.05, 3.63) is 35.1 Å². The van der Waals surface area contributed by atoms with E-state index < -0.39 is 0 Å². The zero-order chi connectivity index (χ0) is 15.3. The molecule has 0 radical (unpaired) electrons. The van der Waals surface area contributed by atoms with E-state index in [0.29, 0.717) is 23.9 Å². The van der Waals surface area contributed by atoms with Crippen LogP contribution in [0.3, 0.4) is 0 Å². The van der Waals surface area contributed by atoms with E-state index >= 15 is 0 Å². The van der Waals surface area contributed by atoms with Crippen LogP contribution >= 0.6 is 0 Å². The number of nitrogens with one attached hydrogen (secondary N) is 1. The van der Waals surface area contributed by atoms with Gasteiger partial charge < -0.3 is 5.73 Å². The van der Waals surface area contributed by atoms with Crippen LogP contribution in [0.25, 0.3) is 0 Å². The minimum absolute atomic E-state index is 0.191. The standard InChI is InChI=1S/C16H26FN3/c1-11(2)8-20(9-12(3)4)10-13-6-5-7-14(15(13)17)16(18)19/h5-7,11-12H,8-10H2,1-4H3,(H3,18,19). The molecule has 0 aliphatic carbocycles.